The largest absolute Gasteiger partial charge is 0.335 e. The number of rotatable bonds is 3. The monoisotopic (exact) mass is 472 g/mol. The second-order valence-corrected chi connectivity index (χ2v) is 9.67. The summed E-state index contributed by atoms with van der Waals surface area (Å²) in [7, 11) is -3.89. The second-order valence-electron chi connectivity index (χ2n) is 7.25. The standard InChI is InChI=1S/C18H25BrN4O4S/c19-16-7-6-14(28(20,26)27)12-15(16)17(24)22-8-10-23(11-9-22)18(25)21-13-4-2-1-3-5-13/h6-7,12-13H,1-5,8-11H2,(H,21,25)(H2,20,26,27). The molecule has 3 amide bonds. The molecule has 28 heavy (non-hydrogen) atoms. The summed E-state index contributed by atoms with van der Waals surface area (Å²) in [6.07, 6.45) is 5.59. The van der Waals surface area contributed by atoms with Gasteiger partial charge in [-0.15, -0.1) is 0 Å². The van der Waals surface area contributed by atoms with Crippen molar-refractivity contribution in [3.63, 3.8) is 0 Å². The summed E-state index contributed by atoms with van der Waals surface area (Å²) in [5, 5.41) is 8.26. The van der Waals surface area contributed by atoms with Crippen molar-refractivity contribution in [2.75, 3.05) is 26.2 Å². The number of carbonyl (C=O) groups is 2. The third-order valence-electron chi connectivity index (χ3n) is 5.28. The Balaban J connectivity index is 1.60. The number of nitrogens with two attached hydrogens (primary N) is 1. The predicted molar refractivity (Wildman–Crippen MR) is 108 cm³/mol. The molecule has 1 aromatic rings. The maximum atomic E-state index is 12.8. The van der Waals surface area contributed by atoms with Gasteiger partial charge < -0.3 is 15.1 Å². The smallest absolute Gasteiger partial charge is 0.317 e. The number of amides is 3. The summed E-state index contributed by atoms with van der Waals surface area (Å²) in [5.74, 6) is -0.287. The molecule has 0 aromatic heterocycles. The van der Waals surface area contributed by atoms with E-state index in [1.54, 1.807) is 9.80 Å². The average molecular weight is 473 g/mol. The van der Waals surface area contributed by atoms with E-state index in [1.165, 1.54) is 24.6 Å². The molecule has 1 aliphatic carbocycles. The fraction of sp³-hybridized carbons (Fsp3) is 0.556. The molecule has 154 valence electrons. The third-order valence-corrected chi connectivity index (χ3v) is 6.89. The SMILES string of the molecule is NS(=O)(=O)c1ccc(Br)c(C(=O)N2CCN(C(=O)NC3CCCCC3)CC2)c1. The van der Waals surface area contributed by atoms with Crippen molar-refractivity contribution in [1.82, 2.24) is 15.1 Å². The van der Waals surface area contributed by atoms with Crippen LogP contribution in [0.25, 0.3) is 0 Å². The molecule has 1 aliphatic heterocycles. The summed E-state index contributed by atoms with van der Waals surface area (Å²) in [5.41, 5.74) is 0.242. The Morgan fingerprint density at radius 2 is 1.64 bits per heavy atom. The summed E-state index contributed by atoms with van der Waals surface area (Å²) in [4.78, 5) is 28.5. The molecule has 2 aliphatic rings. The third kappa shape index (κ3) is 5.03. The molecule has 0 bridgehead atoms. The zero-order valence-corrected chi connectivity index (χ0v) is 18.0. The first-order valence-electron chi connectivity index (χ1n) is 9.43. The minimum atomic E-state index is -3.89. The molecule has 0 spiro atoms. The molecule has 1 heterocycles. The van der Waals surface area contributed by atoms with Crippen molar-refractivity contribution in [2.45, 2.75) is 43.0 Å². The van der Waals surface area contributed by atoms with E-state index >= 15 is 0 Å². The van der Waals surface area contributed by atoms with Gasteiger partial charge >= 0.3 is 6.03 Å². The highest BCUT2D eigenvalue weighted by Gasteiger charge is 2.27. The highest BCUT2D eigenvalue weighted by Crippen LogP contribution is 2.23. The lowest BCUT2D eigenvalue weighted by Gasteiger charge is -2.36. The van der Waals surface area contributed by atoms with Crippen LogP contribution in [0.4, 0.5) is 4.79 Å². The van der Waals surface area contributed by atoms with Crippen molar-refractivity contribution >= 4 is 37.9 Å². The number of piperazine rings is 1. The molecule has 0 radical (unpaired) electrons. The van der Waals surface area contributed by atoms with Gasteiger partial charge in [0.25, 0.3) is 5.91 Å². The number of nitrogens with one attached hydrogen (secondary N) is 1. The minimum absolute atomic E-state index is 0.0728. The first kappa shape index (κ1) is 21.1. The van der Waals surface area contributed by atoms with Crippen molar-refractivity contribution in [3.8, 4) is 0 Å². The number of hydrogen-bond donors (Lipinski definition) is 2. The molecular formula is C18H25BrN4O4S. The van der Waals surface area contributed by atoms with Crippen LogP contribution in [-0.2, 0) is 10.0 Å². The van der Waals surface area contributed by atoms with Crippen LogP contribution >= 0.6 is 15.9 Å². The van der Waals surface area contributed by atoms with E-state index in [0.717, 1.165) is 25.7 Å². The molecule has 0 atom stereocenters. The summed E-state index contributed by atoms with van der Waals surface area (Å²) < 4.78 is 23.6. The molecular weight excluding hydrogens is 448 g/mol. The number of primary sulfonamides is 1. The van der Waals surface area contributed by atoms with Gasteiger partial charge in [0.15, 0.2) is 0 Å². The summed E-state index contributed by atoms with van der Waals surface area (Å²) in [6.45, 7) is 1.67. The highest BCUT2D eigenvalue weighted by atomic mass is 79.9. The normalized spacial score (nSPS) is 18.8. The van der Waals surface area contributed by atoms with Crippen molar-refractivity contribution in [2.24, 2.45) is 5.14 Å². The molecule has 2 fully saturated rings. The Morgan fingerprint density at radius 3 is 2.25 bits per heavy atom. The summed E-state index contributed by atoms with van der Waals surface area (Å²) >= 11 is 3.30. The van der Waals surface area contributed by atoms with Crippen LogP contribution in [0, 0.1) is 0 Å². The van der Waals surface area contributed by atoms with E-state index in [4.69, 9.17) is 5.14 Å². The van der Waals surface area contributed by atoms with Gasteiger partial charge in [0.05, 0.1) is 10.5 Å². The number of benzene rings is 1. The van der Waals surface area contributed by atoms with Gasteiger partial charge in [0.2, 0.25) is 10.0 Å². The van der Waals surface area contributed by atoms with Gasteiger partial charge in [-0.05, 0) is 47.0 Å². The number of sulfonamides is 1. The van der Waals surface area contributed by atoms with E-state index in [0.29, 0.717) is 30.7 Å². The van der Waals surface area contributed by atoms with E-state index in [1.807, 2.05) is 0 Å². The number of hydrogen-bond acceptors (Lipinski definition) is 4. The van der Waals surface area contributed by atoms with Gasteiger partial charge in [-0.2, -0.15) is 0 Å². The Morgan fingerprint density at radius 1 is 1.04 bits per heavy atom. The van der Waals surface area contributed by atoms with E-state index in [-0.39, 0.29) is 28.4 Å². The Hall–Kier alpha value is -1.65. The molecule has 3 rings (SSSR count). The lowest BCUT2D eigenvalue weighted by Crippen LogP contribution is -2.54. The molecule has 1 saturated heterocycles. The first-order valence-corrected chi connectivity index (χ1v) is 11.8. The number of nitrogens with zero attached hydrogens (tertiary/aromatic N) is 2. The van der Waals surface area contributed by atoms with Crippen molar-refractivity contribution in [3.05, 3.63) is 28.2 Å². The fourth-order valence-electron chi connectivity index (χ4n) is 3.64. The lowest BCUT2D eigenvalue weighted by atomic mass is 9.96. The molecule has 10 heteroatoms. The van der Waals surface area contributed by atoms with Crippen LogP contribution in [0.2, 0.25) is 0 Å². The minimum Gasteiger partial charge on any atom is -0.335 e. The van der Waals surface area contributed by atoms with Crippen LogP contribution in [0.1, 0.15) is 42.5 Å². The van der Waals surface area contributed by atoms with Crippen LogP contribution in [0.5, 0.6) is 0 Å². The van der Waals surface area contributed by atoms with Gasteiger partial charge in [-0.3, -0.25) is 4.79 Å². The number of urea groups is 1. The van der Waals surface area contributed by atoms with Crippen LogP contribution < -0.4 is 10.5 Å². The van der Waals surface area contributed by atoms with Crippen molar-refractivity contribution in [1.29, 1.82) is 0 Å². The molecule has 3 N–H and O–H groups in total. The Labute approximate surface area is 173 Å². The van der Waals surface area contributed by atoms with Gasteiger partial charge in [0.1, 0.15) is 0 Å². The molecule has 1 saturated carbocycles. The van der Waals surface area contributed by atoms with Crippen LogP contribution in [0.15, 0.2) is 27.6 Å². The van der Waals surface area contributed by atoms with E-state index < -0.39 is 10.0 Å². The second kappa shape index (κ2) is 8.79. The Kier molecular flexibility index (Phi) is 6.61. The molecule has 8 nitrogen and oxygen atoms in total. The molecule has 1 aromatic carbocycles. The zero-order chi connectivity index (χ0) is 20.3. The van der Waals surface area contributed by atoms with Crippen LogP contribution in [0.3, 0.4) is 0 Å². The summed E-state index contributed by atoms with van der Waals surface area (Å²) in [6, 6.07) is 4.31. The van der Waals surface area contributed by atoms with E-state index in [9.17, 15) is 18.0 Å². The maximum Gasteiger partial charge on any atom is 0.317 e. The van der Waals surface area contributed by atoms with Crippen LogP contribution in [-0.4, -0.2) is 62.4 Å². The quantitative estimate of drug-likeness (QED) is 0.698. The fourth-order valence-corrected chi connectivity index (χ4v) is 4.60. The van der Waals surface area contributed by atoms with E-state index in [2.05, 4.69) is 21.2 Å². The Bertz CT molecular complexity index is 847. The molecule has 0 unspecified atom stereocenters. The van der Waals surface area contributed by atoms with Gasteiger partial charge in [-0.25, -0.2) is 18.4 Å². The average Bonchev–Trinajstić information content (AvgIpc) is 2.68. The van der Waals surface area contributed by atoms with Crippen molar-refractivity contribution < 1.29 is 18.0 Å². The topological polar surface area (TPSA) is 113 Å². The first-order chi connectivity index (χ1) is 13.3. The number of halogens is 1. The van der Waals surface area contributed by atoms with Gasteiger partial charge in [0, 0.05) is 36.7 Å². The van der Waals surface area contributed by atoms with Gasteiger partial charge in [-0.1, -0.05) is 19.3 Å². The zero-order valence-electron chi connectivity index (χ0n) is 15.6. The highest BCUT2D eigenvalue weighted by molar-refractivity contribution is 9.10. The lowest BCUT2D eigenvalue weighted by molar-refractivity contribution is 0.0661. The predicted octanol–water partition coefficient (Wildman–Crippen LogP) is 1.90. The maximum absolute atomic E-state index is 12.8. The number of carbonyl (C=O) groups excluding carboxylic acids is 2.